The molecule has 0 aliphatic carbocycles. The predicted octanol–water partition coefficient (Wildman–Crippen LogP) is 2.48. The van der Waals surface area contributed by atoms with E-state index in [-0.39, 0.29) is 11.8 Å². The lowest BCUT2D eigenvalue weighted by atomic mass is 10.2. The lowest BCUT2D eigenvalue weighted by Crippen LogP contribution is -2.34. The van der Waals surface area contributed by atoms with Crippen molar-refractivity contribution in [1.82, 2.24) is 44.5 Å². The van der Waals surface area contributed by atoms with Crippen molar-refractivity contribution < 1.29 is 17.9 Å². The topological polar surface area (TPSA) is 165 Å². The van der Waals surface area contributed by atoms with Gasteiger partial charge in [-0.25, -0.2) is 28.4 Å². The molecular formula is C24H32N10O4S. The number of sulfonamides is 1. The highest BCUT2D eigenvalue weighted by atomic mass is 32.2. The summed E-state index contributed by atoms with van der Waals surface area (Å²) >= 11 is 0. The standard InChI is InChI=1S/C24H32N10O4S/c1-7-11-38-20(22-25-12-15(2)13-26-22)17(4)39(35,36)32-24-30-29-23(18-9-8-10-19(28-18)37-6)34(24)16(3)21-27-14-33(5)31-21/h8-10,12-14,16-17,20H,7,11H2,1-6H3,(H,30,32)/t16-,17+,20-/m1/s1. The highest BCUT2D eigenvalue weighted by Crippen LogP contribution is 2.30. The Balaban J connectivity index is 1.74. The lowest BCUT2D eigenvalue weighted by molar-refractivity contribution is 0.0466. The first-order valence-electron chi connectivity index (χ1n) is 12.4. The number of methoxy groups -OCH3 is 1. The molecule has 0 spiro atoms. The molecule has 4 aromatic heterocycles. The summed E-state index contributed by atoms with van der Waals surface area (Å²) in [5.41, 5.74) is 1.28. The Bertz CT molecular complexity index is 1500. The lowest BCUT2D eigenvalue weighted by Gasteiger charge is -2.24. The van der Waals surface area contributed by atoms with Gasteiger partial charge in [0.15, 0.2) is 17.5 Å². The Morgan fingerprint density at radius 1 is 1.08 bits per heavy atom. The number of aromatic nitrogens is 9. The fourth-order valence-electron chi connectivity index (χ4n) is 3.82. The maximum absolute atomic E-state index is 13.7. The molecule has 0 radical (unpaired) electrons. The molecule has 39 heavy (non-hydrogen) atoms. The Kier molecular flexibility index (Phi) is 8.50. The zero-order chi connectivity index (χ0) is 28.2. The summed E-state index contributed by atoms with van der Waals surface area (Å²) in [6.45, 7) is 7.49. The van der Waals surface area contributed by atoms with E-state index in [0.29, 0.717) is 36.3 Å². The van der Waals surface area contributed by atoms with Crippen molar-refractivity contribution in [3.63, 3.8) is 0 Å². The third-order valence-electron chi connectivity index (χ3n) is 5.94. The smallest absolute Gasteiger partial charge is 0.240 e. The number of ether oxygens (including phenoxy) is 2. The number of hydrogen-bond donors (Lipinski definition) is 1. The van der Waals surface area contributed by atoms with Crippen LogP contribution in [0.5, 0.6) is 5.88 Å². The van der Waals surface area contributed by atoms with Crippen LogP contribution in [0.15, 0.2) is 36.9 Å². The van der Waals surface area contributed by atoms with Crippen LogP contribution in [-0.2, 0) is 21.8 Å². The molecule has 15 heteroatoms. The molecule has 1 N–H and O–H groups in total. The molecule has 0 aliphatic heterocycles. The molecule has 208 valence electrons. The fourth-order valence-corrected chi connectivity index (χ4v) is 4.92. The van der Waals surface area contributed by atoms with Gasteiger partial charge in [0.1, 0.15) is 23.4 Å². The zero-order valence-corrected chi connectivity index (χ0v) is 23.5. The molecule has 4 rings (SSSR count). The van der Waals surface area contributed by atoms with Crippen molar-refractivity contribution in [3.8, 4) is 17.4 Å². The van der Waals surface area contributed by atoms with Gasteiger partial charge in [-0.05, 0) is 38.8 Å². The van der Waals surface area contributed by atoms with Crippen molar-refractivity contribution in [3.05, 3.63) is 54.1 Å². The average molecular weight is 557 g/mol. The van der Waals surface area contributed by atoms with Crippen LogP contribution in [0.4, 0.5) is 5.95 Å². The summed E-state index contributed by atoms with van der Waals surface area (Å²) in [7, 11) is -0.834. The van der Waals surface area contributed by atoms with Crippen LogP contribution in [0.2, 0.25) is 0 Å². The number of rotatable bonds is 12. The van der Waals surface area contributed by atoms with Crippen molar-refractivity contribution >= 4 is 16.0 Å². The highest BCUT2D eigenvalue weighted by Gasteiger charge is 2.35. The van der Waals surface area contributed by atoms with E-state index in [1.807, 2.05) is 20.8 Å². The second kappa shape index (κ2) is 11.8. The normalized spacial score (nSPS) is 14.1. The molecule has 0 aliphatic rings. The molecule has 0 fully saturated rings. The minimum atomic E-state index is -4.09. The van der Waals surface area contributed by atoms with E-state index in [2.05, 4.69) is 40.0 Å². The number of nitrogens with one attached hydrogen (secondary N) is 1. The van der Waals surface area contributed by atoms with Crippen molar-refractivity contribution in [2.24, 2.45) is 7.05 Å². The maximum atomic E-state index is 13.7. The van der Waals surface area contributed by atoms with E-state index in [1.165, 1.54) is 7.11 Å². The van der Waals surface area contributed by atoms with Gasteiger partial charge in [0.25, 0.3) is 0 Å². The summed E-state index contributed by atoms with van der Waals surface area (Å²) in [4.78, 5) is 17.4. The van der Waals surface area contributed by atoms with Crippen LogP contribution in [0.1, 0.15) is 56.6 Å². The minimum Gasteiger partial charge on any atom is -0.481 e. The van der Waals surface area contributed by atoms with Gasteiger partial charge in [-0.2, -0.15) is 5.10 Å². The van der Waals surface area contributed by atoms with Gasteiger partial charge in [0.05, 0.1) is 13.2 Å². The first-order chi connectivity index (χ1) is 18.6. The Morgan fingerprint density at radius 3 is 2.46 bits per heavy atom. The second-order valence-electron chi connectivity index (χ2n) is 9.00. The van der Waals surface area contributed by atoms with Gasteiger partial charge < -0.3 is 9.47 Å². The summed E-state index contributed by atoms with van der Waals surface area (Å²) in [5.74, 6) is 1.36. The summed E-state index contributed by atoms with van der Waals surface area (Å²) in [5, 5.41) is 11.8. The largest absolute Gasteiger partial charge is 0.481 e. The third-order valence-corrected chi connectivity index (χ3v) is 7.64. The first-order valence-corrected chi connectivity index (χ1v) is 13.9. The van der Waals surface area contributed by atoms with Gasteiger partial charge in [0, 0.05) is 32.1 Å². The van der Waals surface area contributed by atoms with Gasteiger partial charge in [-0.15, -0.1) is 10.2 Å². The molecule has 0 saturated heterocycles. The SMILES string of the molecule is CCCO[C@@H](c1ncc(C)cn1)[C@H](C)S(=O)(=O)Nc1nnc(-c2cccc(OC)n2)n1[C@H](C)c1ncn(C)n1. The van der Waals surface area contributed by atoms with E-state index >= 15 is 0 Å². The Hall–Kier alpha value is -3.98. The molecule has 0 saturated carbocycles. The summed E-state index contributed by atoms with van der Waals surface area (Å²) in [6, 6.07) is 4.63. The van der Waals surface area contributed by atoms with Gasteiger partial charge >= 0.3 is 0 Å². The van der Waals surface area contributed by atoms with Crippen LogP contribution >= 0.6 is 0 Å². The molecular weight excluding hydrogens is 524 g/mol. The predicted molar refractivity (Wildman–Crippen MR) is 142 cm³/mol. The quantitative estimate of drug-likeness (QED) is 0.272. The van der Waals surface area contributed by atoms with Crippen LogP contribution < -0.4 is 9.46 Å². The van der Waals surface area contributed by atoms with Gasteiger partial charge in [-0.3, -0.25) is 14.0 Å². The first kappa shape index (κ1) is 28.0. The van der Waals surface area contributed by atoms with Crippen molar-refractivity contribution in [2.75, 3.05) is 18.4 Å². The summed E-state index contributed by atoms with van der Waals surface area (Å²) in [6.07, 6.45) is 4.60. The summed E-state index contributed by atoms with van der Waals surface area (Å²) < 4.78 is 44.3. The Morgan fingerprint density at radius 2 is 1.82 bits per heavy atom. The molecule has 4 heterocycles. The van der Waals surface area contributed by atoms with Gasteiger partial charge in [-0.1, -0.05) is 13.0 Å². The Labute approximate surface area is 226 Å². The van der Waals surface area contributed by atoms with E-state index < -0.39 is 27.4 Å². The van der Waals surface area contributed by atoms with Crippen molar-refractivity contribution in [2.45, 2.75) is 51.5 Å². The van der Waals surface area contributed by atoms with E-state index in [1.54, 1.807) is 60.1 Å². The van der Waals surface area contributed by atoms with E-state index in [9.17, 15) is 8.42 Å². The number of anilines is 1. The van der Waals surface area contributed by atoms with Crippen LogP contribution in [0, 0.1) is 6.92 Å². The maximum Gasteiger partial charge on any atom is 0.240 e. The minimum absolute atomic E-state index is 0.0273. The zero-order valence-electron chi connectivity index (χ0n) is 22.7. The molecule has 0 bridgehead atoms. The molecule has 3 atom stereocenters. The molecule has 0 unspecified atom stereocenters. The third kappa shape index (κ3) is 6.20. The van der Waals surface area contributed by atoms with Crippen molar-refractivity contribution in [1.29, 1.82) is 0 Å². The molecule has 14 nitrogen and oxygen atoms in total. The molecule has 0 aromatic carbocycles. The average Bonchev–Trinajstić information content (AvgIpc) is 3.55. The number of hydrogen-bond acceptors (Lipinski definition) is 11. The second-order valence-corrected chi connectivity index (χ2v) is 11.0. The van der Waals surface area contributed by atoms with Crippen LogP contribution in [-0.4, -0.2) is 71.9 Å². The highest BCUT2D eigenvalue weighted by molar-refractivity contribution is 7.93. The van der Waals surface area contributed by atoms with E-state index in [4.69, 9.17) is 9.47 Å². The van der Waals surface area contributed by atoms with Gasteiger partial charge in [0.2, 0.25) is 21.9 Å². The number of aryl methyl sites for hydroxylation is 2. The van der Waals surface area contributed by atoms with Crippen LogP contribution in [0.3, 0.4) is 0 Å². The number of pyridine rings is 1. The fraction of sp³-hybridized carbons (Fsp3) is 0.458. The van der Waals surface area contributed by atoms with Crippen LogP contribution in [0.25, 0.3) is 11.5 Å². The monoisotopic (exact) mass is 556 g/mol. The van der Waals surface area contributed by atoms with E-state index in [0.717, 1.165) is 5.56 Å². The molecule has 4 aromatic rings. The molecule has 0 amide bonds. The number of nitrogens with zero attached hydrogens (tertiary/aromatic N) is 9.